The van der Waals surface area contributed by atoms with E-state index in [0.717, 1.165) is 12.8 Å². The van der Waals surface area contributed by atoms with E-state index in [1.807, 2.05) is 0 Å². The smallest absolute Gasteiger partial charge is 0.204 e. The Bertz CT molecular complexity index is 319. The SMILES string of the molecule is CC(C)(C)S(=O)(=O)/N=C/C1CCCCC1. The third-order valence-electron chi connectivity index (χ3n) is 2.83. The maximum atomic E-state index is 11.7. The monoisotopic (exact) mass is 231 g/mol. The fourth-order valence-corrected chi connectivity index (χ4v) is 2.26. The van der Waals surface area contributed by atoms with E-state index in [4.69, 9.17) is 0 Å². The highest BCUT2D eigenvalue weighted by Gasteiger charge is 2.28. The van der Waals surface area contributed by atoms with Crippen molar-refractivity contribution in [1.82, 2.24) is 0 Å². The molecule has 0 saturated heterocycles. The molecule has 15 heavy (non-hydrogen) atoms. The number of hydrogen-bond acceptors (Lipinski definition) is 2. The summed E-state index contributed by atoms with van der Waals surface area (Å²) < 4.78 is 26.4. The lowest BCUT2D eigenvalue weighted by atomic mass is 9.90. The Morgan fingerprint density at radius 2 is 1.67 bits per heavy atom. The van der Waals surface area contributed by atoms with Crippen LogP contribution in [-0.2, 0) is 10.0 Å². The van der Waals surface area contributed by atoms with Crippen LogP contribution in [0.5, 0.6) is 0 Å². The molecule has 0 aromatic rings. The van der Waals surface area contributed by atoms with Crippen molar-refractivity contribution in [2.75, 3.05) is 0 Å². The van der Waals surface area contributed by atoms with Gasteiger partial charge >= 0.3 is 0 Å². The average molecular weight is 231 g/mol. The van der Waals surface area contributed by atoms with Crippen LogP contribution in [0.25, 0.3) is 0 Å². The normalized spacial score (nSPS) is 21.0. The van der Waals surface area contributed by atoms with Gasteiger partial charge in [-0.1, -0.05) is 19.3 Å². The van der Waals surface area contributed by atoms with E-state index in [2.05, 4.69) is 4.40 Å². The summed E-state index contributed by atoms with van der Waals surface area (Å²) in [5.41, 5.74) is 0. The topological polar surface area (TPSA) is 46.5 Å². The molecule has 1 rings (SSSR count). The largest absolute Gasteiger partial charge is 0.257 e. The Balaban J connectivity index is 2.64. The van der Waals surface area contributed by atoms with Crippen molar-refractivity contribution >= 4 is 16.2 Å². The molecule has 0 spiro atoms. The lowest BCUT2D eigenvalue weighted by molar-refractivity contribution is 0.445. The third-order valence-corrected chi connectivity index (χ3v) is 4.78. The maximum absolute atomic E-state index is 11.7. The van der Waals surface area contributed by atoms with Crippen LogP contribution in [-0.4, -0.2) is 19.4 Å². The van der Waals surface area contributed by atoms with Gasteiger partial charge in [0, 0.05) is 6.21 Å². The van der Waals surface area contributed by atoms with Crippen molar-refractivity contribution in [3.05, 3.63) is 0 Å². The molecule has 1 saturated carbocycles. The van der Waals surface area contributed by atoms with Gasteiger partial charge in [-0.15, -0.1) is 0 Å². The van der Waals surface area contributed by atoms with Gasteiger partial charge in [0.15, 0.2) is 0 Å². The molecule has 3 nitrogen and oxygen atoms in total. The van der Waals surface area contributed by atoms with Gasteiger partial charge in [0.1, 0.15) is 0 Å². The van der Waals surface area contributed by atoms with Crippen LogP contribution < -0.4 is 0 Å². The fourth-order valence-electron chi connectivity index (χ4n) is 1.61. The number of hydrogen-bond donors (Lipinski definition) is 0. The highest BCUT2D eigenvalue weighted by atomic mass is 32.2. The molecular formula is C11H21NO2S. The zero-order valence-corrected chi connectivity index (χ0v) is 10.7. The molecule has 0 heterocycles. The first-order valence-electron chi connectivity index (χ1n) is 5.63. The van der Waals surface area contributed by atoms with Crippen molar-refractivity contribution in [3.8, 4) is 0 Å². The van der Waals surface area contributed by atoms with Gasteiger partial charge in [0.05, 0.1) is 4.75 Å². The summed E-state index contributed by atoms with van der Waals surface area (Å²) in [5, 5.41) is 0. The quantitative estimate of drug-likeness (QED) is 0.686. The molecule has 0 amide bonds. The Morgan fingerprint density at radius 3 is 2.13 bits per heavy atom. The summed E-state index contributed by atoms with van der Waals surface area (Å²) in [6, 6.07) is 0. The summed E-state index contributed by atoms with van der Waals surface area (Å²) in [7, 11) is -3.33. The molecule has 0 aromatic carbocycles. The summed E-state index contributed by atoms with van der Waals surface area (Å²) >= 11 is 0. The van der Waals surface area contributed by atoms with Gasteiger partial charge in [-0.2, -0.15) is 4.40 Å². The van der Waals surface area contributed by atoms with E-state index in [9.17, 15) is 8.42 Å². The zero-order chi connectivity index (χ0) is 11.5. The molecule has 0 aliphatic heterocycles. The van der Waals surface area contributed by atoms with Crippen LogP contribution >= 0.6 is 0 Å². The lowest BCUT2D eigenvalue weighted by Gasteiger charge is -2.19. The van der Waals surface area contributed by atoms with Crippen LogP contribution in [0.2, 0.25) is 0 Å². The van der Waals surface area contributed by atoms with E-state index in [-0.39, 0.29) is 0 Å². The molecule has 88 valence electrons. The maximum Gasteiger partial charge on any atom is 0.257 e. The molecule has 1 aliphatic carbocycles. The Morgan fingerprint density at radius 1 is 1.13 bits per heavy atom. The first-order valence-corrected chi connectivity index (χ1v) is 7.07. The van der Waals surface area contributed by atoms with E-state index in [1.165, 1.54) is 19.3 Å². The highest BCUT2D eigenvalue weighted by molar-refractivity contribution is 7.91. The minimum atomic E-state index is -3.33. The molecule has 1 fully saturated rings. The van der Waals surface area contributed by atoms with E-state index in [0.29, 0.717) is 5.92 Å². The molecule has 0 radical (unpaired) electrons. The zero-order valence-electron chi connectivity index (χ0n) is 9.86. The second-order valence-electron chi connectivity index (χ2n) is 5.24. The van der Waals surface area contributed by atoms with Crippen LogP contribution in [0.15, 0.2) is 4.40 Å². The van der Waals surface area contributed by atoms with Gasteiger partial charge in [0.25, 0.3) is 10.0 Å². The number of sulfonamides is 1. The van der Waals surface area contributed by atoms with E-state index in [1.54, 1.807) is 27.0 Å². The van der Waals surface area contributed by atoms with Gasteiger partial charge in [-0.25, -0.2) is 8.42 Å². The third kappa shape index (κ3) is 3.59. The minimum Gasteiger partial charge on any atom is -0.204 e. The van der Waals surface area contributed by atoms with Gasteiger partial charge in [-0.05, 0) is 39.5 Å². The standard InChI is InChI=1S/C11H21NO2S/c1-11(2,3)15(13,14)12-9-10-7-5-4-6-8-10/h9-10H,4-8H2,1-3H3/b12-9+. The summed E-state index contributed by atoms with van der Waals surface area (Å²) in [6.07, 6.45) is 7.50. The van der Waals surface area contributed by atoms with Crippen molar-refractivity contribution < 1.29 is 8.42 Å². The van der Waals surface area contributed by atoms with E-state index < -0.39 is 14.8 Å². The Labute approximate surface area is 93.0 Å². The first kappa shape index (κ1) is 12.7. The molecule has 0 aromatic heterocycles. The predicted octanol–water partition coefficient (Wildman–Crippen LogP) is 2.77. The van der Waals surface area contributed by atoms with Crippen LogP contribution in [0.3, 0.4) is 0 Å². The summed E-state index contributed by atoms with van der Waals surface area (Å²) in [6.45, 7) is 5.04. The van der Waals surface area contributed by atoms with Crippen molar-refractivity contribution in [3.63, 3.8) is 0 Å². The number of rotatable bonds is 2. The average Bonchev–Trinajstić information content (AvgIpc) is 2.15. The van der Waals surface area contributed by atoms with Crippen molar-refractivity contribution in [1.29, 1.82) is 0 Å². The Kier molecular flexibility index (Phi) is 3.93. The fraction of sp³-hybridized carbons (Fsp3) is 0.909. The van der Waals surface area contributed by atoms with Crippen LogP contribution in [0.1, 0.15) is 52.9 Å². The minimum absolute atomic E-state index is 0.371. The number of nitrogens with zero attached hydrogens (tertiary/aromatic N) is 1. The first-order chi connectivity index (χ1) is 6.83. The van der Waals surface area contributed by atoms with E-state index >= 15 is 0 Å². The lowest BCUT2D eigenvalue weighted by Crippen LogP contribution is -2.26. The molecule has 4 heteroatoms. The van der Waals surface area contributed by atoms with Gasteiger partial charge in [0.2, 0.25) is 0 Å². The molecule has 0 N–H and O–H groups in total. The second kappa shape index (κ2) is 4.64. The van der Waals surface area contributed by atoms with Crippen molar-refractivity contribution in [2.45, 2.75) is 57.6 Å². The summed E-state index contributed by atoms with van der Waals surface area (Å²) in [4.78, 5) is 0. The Hall–Kier alpha value is -0.380. The molecule has 0 bridgehead atoms. The predicted molar refractivity (Wildman–Crippen MR) is 63.7 cm³/mol. The second-order valence-corrected chi connectivity index (χ2v) is 7.63. The van der Waals surface area contributed by atoms with Crippen molar-refractivity contribution in [2.24, 2.45) is 10.3 Å². The van der Waals surface area contributed by atoms with Gasteiger partial charge < -0.3 is 0 Å². The summed E-state index contributed by atoms with van der Waals surface area (Å²) in [5.74, 6) is 0.371. The van der Waals surface area contributed by atoms with Gasteiger partial charge in [-0.3, -0.25) is 0 Å². The molecule has 0 unspecified atom stereocenters. The molecular weight excluding hydrogens is 210 g/mol. The molecule has 1 aliphatic rings. The highest BCUT2D eigenvalue weighted by Crippen LogP contribution is 2.23. The molecule has 0 atom stereocenters. The van der Waals surface area contributed by atoms with Crippen LogP contribution in [0, 0.1) is 5.92 Å². The van der Waals surface area contributed by atoms with Crippen LogP contribution in [0.4, 0.5) is 0 Å².